The fourth-order valence-corrected chi connectivity index (χ4v) is 3.00. The summed E-state index contributed by atoms with van der Waals surface area (Å²) in [7, 11) is 0. The first kappa shape index (κ1) is 19.0. The molecule has 0 bridgehead atoms. The molecule has 6 nitrogen and oxygen atoms in total. The monoisotopic (exact) mass is 398 g/mol. The summed E-state index contributed by atoms with van der Waals surface area (Å²) in [5, 5.41) is 28.2. The summed E-state index contributed by atoms with van der Waals surface area (Å²) in [6.07, 6.45) is -10.7. The third-order valence-electron chi connectivity index (χ3n) is 4.03. The first-order chi connectivity index (χ1) is 12.1. The molecule has 1 aliphatic heterocycles. The number of hydrogen-bond acceptors (Lipinski definition) is 6. The second kappa shape index (κ2) is 6.46. The van der Waals surface area contributed by atoms with Gasteiger partial charge in [0, 0.05) is 5.56 Å². The quantitative estimate of drug-likeness (QED) is 0.455. The van der Waals surface area contributed by atoms with E-state index in [1.54, 1.807) is 0 Å². The van der Waals surface area contributed by atoms with Crippen LogP contribution in [0.15, 0.2) is 6.07 Å². The number of halogens is 5. The topological polar surface area (TPSA) is 98.6 Å². The molecule has 0 spiro atoms. The Labute approximate surface area is 146 Å². The summed E-state index contributed by atoms with van der Waals surface area (Å²) in [4.78, 5) is 5.29. The molecule has 4 atom stereocenters. The lowest BCUT2D eigenvalue weighted by molar-refractivity contribution is -0.143. The molecule has 0 aliphatic carbocycles. The number of rotatable bonds is 2. The van der Waals surface area contributed by atoms with Gasteiger partial charge >= 0.3 is 6.18 Å². The normalized spacial score (nSPS) is 26.6. The lowest BCUT2D eigenvalue weighted by Crippen LogP contribution is -2.32. The number of pyridine rings is 2. The number of aromatic nitrogens is 2. The maximum absolute atomic E-state index is 14.1. The Morgan fingerprint density at radius 1 is 1.19 bits per heavy atom. The fraction of sp³-hybridized carbons (Fsp3) is 0.429. The Morgan fingerprint density at radius 3 is 2.38 bits per heavy atom. The molecule has 2 aromatic heterocycles. The van der Waals surface area contributed by atoms with E-state index < -0.39 is 65.6 Å². The lowest BCUT2D eigenvalue weighted by Gasteiger charge is -2.16. The molecule has 26 heavy (non-hydrogen) atoms. The van der Waals surface area contributed by atoms with Gasteiger partial charge in [-0.15, -0.1) is 0 Å². The van der Waals surface area contributed by atoms with Gasteiger partial charge < -0.3 is 25.0 Å². The molecule has 2 unspecified atom stereocenters. The molecular weight excluding hydrogens is 387 g/mol. The minimum atomic E-state index is -5.21. The second-order valence-corrected chi connectivity index (χ2v) is 6.07. The zero-order chi connectivity index (χ0) is 19.4. The zero-order valence-electron chi connectivity index (χ0n) is 12.6. The largest absolute Gasteiger partial charge is 0.436 e. The first-order valence-electron chi connectivity index (χ1n) is 7.17. The van der Waals surface area contributed by atoms with Gasteiger partial charge in [-0.3, -0.25) is 0 Å². The molecule has 2 aromatic rings. The molecule has 0 saturated carbocycles. The number of hydrogen-bond donors (Lipinski definition) is 4. The van der Waals surface area contributed by atoms with E-state index in [1.165, 1.54) is 0 Å². The van der Waals surface area contributed by atoms with Gasteiger partial charge in [-0.2, -0.15) is 13.2 Å². The molecule has 0 aromatic carbocycles. The minimum Gasteiger partial charge on any atom is -0.394 e. The van der Waals surface area contributed by atoms with Gasteiger partial charge in [0.05, 0.1) is 12.0 Å². The maximum atomic E-state index is 14.1. The molecule has 0 amide bonds. The Balaban J connectivity index is 2.18. The number of nitrogens with one attached hydrogen (secondary N) is 1. The van der Waals surface area contributed by atoms with Gasteiger partial charge in [0.1, 0.15) is 34.7 Å². The Hall–Kier alpha value is -1.73. The van der Waals surface area contributed by atoms with Crippen molar-refractivity contribution in [2.45, 2.75) is 30.6 Å². The van der Waals surface area contributed by atoms with Crippen LogP contribution in [0.4, 0.5) is 22.0 Å². The fourth-order valence-electron chi connectivity index (χ4n) is 2.73. The maximum Gasteiger partial charge on any atom is 0.436 e. The highest BCUT2D eigenvalue weighted by Crippen LogP contribution is 2.37. The van der Waals surface area contributed by atoms with Crippen molar-refractivity contribution in [3.05, 3.63) is 33.6 Å². The highest BCUT2D eigenvalue weighted by Gasteiger charge is 2.44. The zero-order valence-corrected chi connectivity index (χ0v) is 13.4. The van der Waals surface area contributed by atoms with Crippen molar-refractivity contribution < 1.29 is 42.0 Å². The van der Waals surface area contributed by atoms with E-state index in [2.05, 4.69) is 9.97 Å². The minimum absolute atomic E-state index is 0.102. The smallest absolute Gasteiger partial charge is 0.394 e. The van der Waals surface area contributed by atoms with Crippen LogP contribution in [0.2, 0.25) is 0 Å². The van der Waals surface area contributed by atoms with Crippen molar-refractivity contribution in [1.29, 1.82) is 0 Å². The summed E-state index contributed by atoms with van der Waals surface area (Å²) in [5.41, 5.74) is -2.78. The molecular formula is C14H11F5N2O4S. The molecule has 4 N–H and O–H groups in total. The Bertz CT molecular complexity index is 919. The van der Waals surface area contributed by atoms with Gasteiger partial charge in [0.25, 0.3) is 0 Å². The van der Waals surface area contributed by atoms with Crippen molar-refractivity contribution in [2.24, 2.45) is 0 Å². The van der Waals surface area contributed by atoms with Crippen LogP contribution < -0.4 is 0 Å². The van der Waals surface area contributed by atoms with E-state index in [1.807, 2.05) is 0 Å². The van der Waals surface area contributed by atoms with Gasteiger partial charge in [-0.25, -0.2) is 13.8 Å². The summed E-state index contributed by atoms with van der Waals surface area (Å²) >= 11 is 4.97. The molecule has 0 radical (unpaired) electrons. The number of fused-ring (bicyclic) bond motifs is 1. The lowest BCUT2D eigenvalue weighted by atomic mass is 10.0. The van der Waals surface area contributed by atoms with Gasteiger partial charge in [0.15, 0.2) is 17.3 Å². The van der Waals surface area contributed by atoms with Gasteiger partial charge in [-0.1, -0.05) is 12.2 Å². The molecule has 1 fully saturated rings. The van der Waals surface area contributed by atoms with E-state index in [0.29, 0.717) is 0 Å². The van der Waals surface area contributed by atoms with E-state index in [0.717, 1.165) is 6.07 Å². The summed E-state index contributed by atoms with van der Waals surface area (Å²) < 4.78 is 71.1. The molecule has 3 rings (SSSR count). The Morgan fingerprint density at radius 2 is 1.85 bits per heavy atom. The number of nitrogens with zero attached hydrogens (tertiary/aromatic N) is 1. The van der Waals surface area contributed by atoms with E-state index in [-0.39, 0.29) is 10.2 Å². The average molecular weight is 398 g/mol. The third kappa shape index (κ3) is 2.97. The third-order valence-corrected chi connectivity index (χ3v) is 4.36. The number of H-pyrrole nitrogens is 1. The van der Waals surface area contributed by atoms with Crippen LogP contribution in [0.25, 0.3) is 11.0 Å². The van der Waals surface area contributed by atoms with Crippen LogP contribution in [-0.2, 0) is 10.9 Å². The van der Waals surface area contributed by atoms with Gasteiger partial charge in [0.2, 0.25) is 0 Å². The van der Waals surface area contributed by atoms with Crippen LogP contribution in [0, 0.1) is 16.3 Å². The van der Waals surface area contributed by atoms with Crippen molar-refractivity contribution in [3.8, 4) is 0 Å². The van der Waals surface area contributed by atoms with Crippen molar-refractivity contribution >= 4 is 23.3 Å². The molecule has 3 heterocycles. The SMILES string of the molecule is OC[C@H]1O[C@@H](c2cc3c(F)c(F)c(C(F)(F)F)nc3[nH]c2=S)C(O)C1O. The van der Waals surface area contributed by atoms with Crippen molar-refractivity contribution in [2.75, 3.05) is 6.61 Å². The van der Waals surface area contributed by atoms with E-state index >= 15 is 0 Å². The van der Waals surface area contributed by atoms with E-state index in [4.69, 9.17) is 22.1 Å². The number of aromatic amines is 1. The number of ether oxygens (including phenoxy) is 1. The average Bonchev–Trinajstić information content (AvgIpc) is 2.84. The van der Waals surface area contributed by atoms with Crippen molar-refractivity contribution in [1.82, 2.24) is 9.97 Å². The number of alkyl halides is 3. The second-order valence-electron chi connectivity index (χ2n) is 5.66. The van der Waals surface area contributed by atoms with Crippen LogP contribution in [0.5, 0.6) is 0 Å². The highest BCUT2D eigenvalue weighted by atomic mass is 32.1. The number of aliphatic hydroxyl groups excluding tert-OH is 3. The number of aliphatic hydroxyl groups is 3. The first-order valence-corrected chi connectivity index (χ1v) is 7.58. The summed E-state index contributed by atoms with van der Waals surface area (Å²) in [6, 6.07) is 0.889. The highest BCUT2D eigenvalue weighted by molar-refractivity contribution is 7.71. The van der Waals surface area contributed by atoms with E-state index in [9.17, 15) is 32.2 Å². The van der Waals surface area contributed by atoms with Crippen LogP contribution in [-0.4, -0.2) is 50.2 Å². The molecule has 142 valence electrons. The van der Waals surface area contributed by atoms with Crippen molar-refractivity contribution in [3.63, 3.8) is 0 Å². The molecule has 1 aliphatic rings. The van der Waals surface area contributed by atoms with Crippen LogP contribution in [0.3, 0.4) is 0 Å². The van der Waals surface area contributed by atoms with Gasteiger partial charge in [-0.05, 0) is 6.07 Å². The van der Waals surface area contributed by atoms with Crippen LogP contribution >= 0.6 is 12.2 Å². The predicted molar refractivity (Wildman–Crippen MR) is 78.6 cm³/mol. The summed E-state index contributed by atoms with van der Waals surface area (Å²) in [5.74, 6) is -3.98. The summed E-state index contributed by atoms with van der Waals surface area (Å²) in [6.45, 7) is -0.627. The Kier molecular flexibility index (Phi) is 4.73. The predicted octanol–water partition coefficient (Wildman–Crippen LogP) is 1.74. The molecule has 1 saturated heterocycles. The van der Waals surface area contributed by atoms with Crippen LogP contribution in [0.1, 0.15) is 17.4 Å². The molecule has 12 heteroatoms. The standard InChI is InChI=1S/C14H11F5N2O4S/c15-6-3-1-4(10-9(24)8(23)5(2-22)25-10)13(26)21-12(3)20-11(7(6)16)14(17,18)19/h1,5,8-10,22-24H,2H2,(H,20,21,26)/t5-,8?,9?,10+/m1/s1.